The van der Waals surface area contributed by atoms with Crippen molar-refractivity contribution in [3.05, 3.63) is 0 Å². The lowest BCUT2D eigenvalue weighted by Crippen LogP contribution is -1.66. The van der Waals surface area contributed by atoms with Gasteiger partial charge < -0.3 is 0 Å². The zero-order valence-electron chi connectivity index (χ0n) is 25.6. The summed E-state index contributed by atoms with van der Waals surface area (Å²) in [5.41, 5.74) is 0. The lowest BCUT2D eigenvalue weighted by Gasteiger charge is -1.79. The third-order valence-electron chi connectivity index (χ3n) is 0. The molecule has 0 aromatic rings. The molecule has 0 bridgehead atoms. The van der Waals surface area contributed by atoms with Crippen molar-refractivity contribution in [3.8, 4) is 0 Å². The highest BCUT2D eigenvalue weighted by Gasteiger charge is 1.68. The van der Waals surface area contributed by atoms with Crippen LogP contribution in [0.25, 0.3) is 0 Å². The SMILES string of the molecule is C.CC.CC.CC.CC.CC.CC.CC.CC.CC.CC.CC.CC(C)C. The molecular formula is C27H80. The van der Waals surface area contributed by atoms with Crippen molar-refractivity contribution in [1.29, 1.82) is 0 Å². The van der Waals surface area contributed by atoms with Crippen LogP contribution in [0.1, 0.15) is 181 Å². The Hall–Kier alpha value is 0. The zero-order chi connectivity index (χ0) is 25.6. The van der Waals surface area contributed by atoms with E-state index in [9.17, 15) is 0 Å². The van der Waals surface area contributed by atoms with Crippen molar-refractivity contribution in [3.63, 3.8) is 0 Å². The molecule has 0 saturated carbocycles. The van der Waals surface area contributed by atoms with E-state index < -0.39 is 0 Å². The van der Waals surface area contributed by atoms with Crippen LogP contribution in [0.3, 0.4) is 0 Å². The summed E-state index contributed by atoms with van der Waals surface area (Å²) in [6.07, 6.45) is 0. The zero-order valence-corrected chi connectivity index (χ0v) is 25.6. The van der Waals surface area contributed by atoms with Gasteiger partial charge in [-0.3, -0.25) is 0 Å². The fourth-order valence-electron chi connectivity index (χ4n) is 0. The fourth-order valence-corrected chi connectivity index (χ4v) is 0. The van der Waals surface area contributed by atoms with Gasteiger partial charge >= 0.3 is 0 Å². The van der Waals surface area contributed by atoms with Gasteiger partial charge in [-0.25, -0.2) is 0 Å². The summed E-state index contributed by atoms with van der Waals surface area (Å²) in [4.78, 5) is 0. The molecule has 0 fully saturated rings. The smallest absolute Gasteiger partial charge is 0.0500 e. The van der Waals surface area contributed by atoms with Crippen molar-refractivity contribution < 1.29 is 0 Å². The van der Waals surface area contributed by atoms with Crippen LogP contribution in [-0.4, -0.2) is 0 Å². The van der Waals surface area contributed by atoms with Crippen LogP contribution >= 0.6 is 0 Å². The van der Waals surface area contributed by atoms with E-state index in [1.54, 1.807) is 0 Å². The maximum atomic E-state index is 2.17. The number of rotatable bonds is 0. The Balaban J connectivity index is -0.00000000726. The average Bonchev–Trinajstić information content (AvgIpc) is 2.82. The van der Waals surface area contributed by atoms with Gasteiger partial charge in [-0.05, 0) is 5.92 Å². The summed E-state index contributed by atoms with van der Waals surface area (Å²) in [7, 11) is 0. The molecule has 0 saturated heterocycles. The summed E-state index contributed by atoms with van der Waals surface area (Å²) in [6, 6.07) is 0. The fraction of sp³-hybridized carbons (Fsp3) is 1.00. The lowest BCUT2D eigenvalue weighted by molar-refractivity contribution is 0.737. The van der Waals surface area contributed by atoms with Gasteiger partial charge in [0.25, 0.3) is 0 Å². The minimum absolute atomic E-state index is 0. The molecule has 0 spiro atoms. The van der Waals surface area contributed by atoms with E-state index in [4.69, 9.17) is 0 Å². The maximum Gasteiger partial charge on any atom is -0.0500 e. The molecular weight excluding hydrogens is 324 g/mol. The first kappa shape index (κ1) is 93.1. The van der Waals surface area contributed by atoms with Crippen molar-refractivity contribution in [2.75, 3.05) is 0 Å². The van der Waals surface area contributed by atoms with Crippen molar-refractivity contribution >= 4 is 0 Å². The van der Waals surface area contributed by atoms with Crippen LogP contribution in [0.15, 0.2) is 0 Å². The molecule has 0 aliphatic carbocycles. The van der Waals surface area contributed by atoms with E-state index in [0.29, 0.717) is 0 Å². The summed E-state index contributed by atoms with van der Waals surface area (Å²) in [6.45, 7) is 50.5. The molecule has 0 amide bonds. The van der Waals surface area contributed by atoms with Crippen LogP contribution in [0.2, 0.25) is 0 Å². The summed E-state index contributed by atoms with van der Waals surface area (Å²) in [5, 5.41) is 0. The highest BCUT2D eigenvalue weighted by molar-refractivity contribution is 4.20. The van der Waals surface area contributed by atoms with E-state index in [1.807, 2.05) is 152 Å². The van der Waals surface area contributed by atoms with Gasteiger partial charge in [-0.2, -0.15) is 0 Å². The van der Waals surface area contributed by atoms with Crippen LogP contribution < -0.4 is 0 Å². The van der Waals surface area contributed by atoms with Gasteiger partial charge in [-0.15, -0.1) is 0 Å². The molecule has 0 unspecified atom stereocenters. The average molecular weight is 405 g/mol. The van der Waals surface area contributed by atoms with Gasteiger partial charge in [0.15, 0.2) is 0 Å². The van der Waals surface area contributed by atoms with Crippen molar-refractivity contribution in [1.82, 2.24) is 0 Å². The first-order chi connectivity index (χ1) is 12.7. The Morgan fingerprint density at radius 3 is 0.222 bits per heavy atom. The van der Waals surface area contributed by atoms with Crippen LogP contribution in [0.5, 0.6) is 0 Å². The van der Waals surface area contributed by atoms with Crippen LogP contribution in [0, 0.1) is 5.92 Å². The quantitative estimate of drug-likeness (QED) is 0.376. The minimum atomic E-state index is 0. The molecule has 0 aliphatic rings. The molecule has 0 heterocycles. The molecule has 0 aromatic carbocycles. The number of hydrogen-bond donors (Lipinski definition) is 0. The standard InChI is InChI=1S/C4H10.11C2H6.CH4/c1-4(2)3;11*1-2;/h4H,1-3H3;11*1-2H3;1H4. The van der Waals surface area contributed by atoms with Crippen LogP contribution in [-0.2, 0) is 0 Å². The predicted octanol–water partition coefficient (Wildman–Crippen LogP) is 13.6. The van der Waals surface area contributed by atoms with Crippen molar-refractivity contribution in [2.24, 2.45) is 5.92 Å². The van der Waals surface area contributed by atoms with E-state index in [-0.39, 0.29) is 7.43 Å². The second-order valence-corrected chi connectivity index (χ2v) is 1.73. The lowest BCUT2D eigenvalue weighted by atomic mass is 10.3. The molecule has 0 aliphatic heterocycles. The molecule has 0 radical (unpaired) electrons. The van der Waals surface area contributed by atoms with E-state index in [1.165, 1.54) is 0 Å². The Bertz CT molecular complexity index is 4.75. The molecule has 0 aromatic heterocycles. The third-order valence-corrected chi connectivity index (χ3v) is 0. The Morgan fingerprint density at radius 1 is 0.222 bits per heavy atom. The highest BCUT2D eigenvalue weighted by Crippen LogP contribution is 1.81. The second kappa shape index (κ2) is 1810. The molecule has 0 nitrogen and oxygen atoms in total. The number of hydrogen-bond acceptors (Lipinski definition) is 0. The maximum absolute atomic E-state index is 2.17. The normalized spacial score (nSPS) is 3.78. The molecule has 0 heteroatoms. The topological polar surface area (TPSA) is 0 Å². The second-order valence-electron chi connectivity index (χ2n) is 1.73. The Kier molecular flexibility index (Phi) is 6230. The molecule has 0 N–H and O–H groups in total. The first-order valence-electron chi connectivity index (χ1n) is 12.7. The third kappa shape index (κ3) is 0. The molecule has 188 valence electrons. The molecule has 0 atom stereocenters. The van der Waals surface area contributed by atoms with Crippen molar-refractivity contribution in [2.45, 2.75) is 181 Å². The van der Waals surface area contributed by atoms with Gasteiger partial charge in [0.2, 0.25) is 0 Å². The van der Waals surface area contributed by atoms with Gasteiger partial charge in [-0.1, -0.05) is 181 Å². The van der Waals surface area contributed by atoms with E-state index in [2.05, 4.69) is 20.8 Å². The van der Waals surface area contributed by atoms with Gasteiger partial charge in [0.1, 0.15) is 0 Å². The summed E-state index contributed by atoms with van der Waals surface area (Å²) >= 11 is 0. The molecule has 27 heavy (non-hydrogen) atoms. The summed E-state index contributed by atoms with van der Waals surface area (Å²) in [5.74, 6) is 0.833. The van der Waals surface area contributed by atoms with E-state index >= 15 is 0 Å². The Labute approximate surface area is 186 Å². The minimum Gasteiger partial charge on any atom is -0.0776 e. The van der Waals surface area contributed by atoms with Crippen LogP contribution in [0.4, 0.5) is 0 Å². The van der Waals surface area contributed by atoms with E-state index in [0.717, 1.165) is 5.92 Å². The largest absolute Gasteiger partial charge is 0.0776 e. The highest BCUT2D eigenvalue weighted by atomic mass is 13.7. The Morgan fingerprint density at radius 2 is 0.222 bits per heavy atom. The van der Waals surface area contributed by atoms with Gasteiger partial charge in [0, 0.05) is 0 Å². The predicted molar refractivity (Wildman–Crippen MR) is 152 cm³/mol. The molecule has 0 rings (SSSR count). The van der Waals surface area contributed by atoms with Gasteiger partial charge in [0.05, 0.1) is 0 Å². The first-order valence-corrected chi connectivity index (χ1v) is 12.7. The summed E-state index contributed by atoms with van der Waals surface area (Å²) < 4.78 is 0. The monoisotopic (exact) mass is 405 g/mol.